The first kappa shape index (κ1) is 87.6. The highest BCUT2D eigenvalue weighted by atomic mass is 16.4. The van der Waals surface area contributed by atoms with Crippen LogP contribution in [0.3, 0.4) is 0 Å². The number of carboxylic acid groups (broad SMARTS) is 4. The second-order valence-corrected chi connectivity index (χ2v) is 27.4. The third kappa shape index (κ3) is 27.9. The Bertz CT molecular complexity index is 3090. The highest BCUT2D eigenvalue weighted by Gasteiger charge is 2.45. The molecular formula is C65H106N16O22. The predicted molar refractivity (Wildman–Crippen MR) is 363 cm³/mol. The zero-order valence-corrected chi connectivity index (χ0v) is 59.9. The van der Waals surface area contributed by atoms with Gasteiger partial charge in [0.05, 0.1) is 12.5 Å². The van der Waals surface area contributed by atoms with Gasteiger partial charge in [-0.25, -0.2) is 4.79 Å². The third-order valence-corrected chi connectivity index (χ3v) is 17.7. The van der Waals surface area contributed by atoms with Crippen LogP contribution in [0.15, 0.2) is 0 Å². The Morgan fingerprint density at radius 2 is 0.796 bits per heavy atom. The number of nitrogens with zero attached hydrogens (tertiary/aromatic N) is 3. The molecule has 0 bridgehead atoms. The number of hydrogen-bond acceptors (Lipinski definition) is 20. The van der Waals surface area contributed by atoms with Crippen molar-refractivity contribution in [2.45, 2.75) is 256 Å². The largest absolute Gasteiger partial charge is 0.481 e. The number of rotatable bonds is 43. The molecule has 3 fully saturated rings. The Morgan fingerprint density at radius 1 is 0.398 bits per heavy atom. The van der Waals surface area contributed by atoms with Crippen LogP contribution in [0.2, 0.25) is 0 Å². The number of carbonyl (C=O) groups excluding carboxylic acids is 14. The molecule has 0 aromatic rings. The second-order valence-electron chi connectivity index (χ2n) is 27.4. The lowest BCUT2D eigenvalue weighted by Crippen LogP contribution is -2.61. The molecular weight excluding hydrogens is 1360 g/mol. The standard InChI is InChI=1S/C65H106N16O22/c1-31(2)29-41(57(94)77-50(32(3)4)61(98)72-37(15-10-11-25-66)55(92)71-38(19-22-46(68)82)56(93)76-42(65(102)103)30-49(87)88)75-59(96)44-17-14-28-81(44)64(101)51(33(5)6)78-60(97)45-18-13-27-80(45)63(100)40(21-24-48(85)86)74-54(91)36(9)69-53(90)35(8)70-58(95)43-16-12-26-79(43)62(99)39(20-23-47(83)84)73-52(89)34(7)67/h31-45,50-51H,10-30,66-67H2,1-9H3,(H2,68,82)(H,69,90)(H,70,95)(H,71,92)(H,72,98)(H,73,89)(H,74,91)(H,75,96)(H,76,93)(H,77,94)(H,78,97)(H,83,84)(H,85,86)(H,87,88)(H,102,103)/t34-,35-,36-,37-,38-,39-,40-,41-,42-,43-,44-,45-,50-,51-/m0/s1. The summed E-state index contributed by atoms with van der Waals surface area (Å²) in [6, 6.07) is -19.2. The van der Waals surface area contributed by atoms with Gasteiger partial charge in [0.15, 0.2) is 0 Å². The van der Waals surface area contributed by atoms with Crippen LogP contribution < -0.4 is 70.4 Å². The Balaban J connectivity index is 1.77. The quantitative estimate of drug-likeness (QED) is 0.0255. The molecule has 3 rings (SSSR count). The molecule has 3 saturated heterocycles. The maximum atomic E-state index is 14.7. The summed E-state index contributed by atoms with van der Waals surface area (Å²) in [6.07, 6.45) is -2.01. The Labute approximate surface area is 596 Å². The first-order valence-electron chi connectivity index (χ1n) is 34.8. The van der Waals surface area contributed by atoms with E-state index in [1.165, 1.54) is 30.6 Å². The zero-order chi connectivity index (χ0) is 77.9. The minimum Gasteiger partial charge on any atom is -0.481 e. The van der Waals surface area contributed by atoms with Crippen LogP contribution in [0.4, 0.5) is 0 Å². The molecule has 14 amide bonds. The van der Waals surface area contributed by atoms with Crippen molar-refractivity contribution in [3.05, 3.63) is 0 Å². The molecule has 38 heteroatoms. The molecule has 3 heterocycles. The number of hydrogen-bond donors (Lipinski definition) is 17. The molecule has 0 aromatic carbocycles. The molecule has 0 spiro atoms. The smallest absolute Gasteiger partial charge is 0.326 e. The number of amides is 14. The summed E-state index contributed by atoms with van der Waals surface area (Å²) < 4.78 is 0. The fraction of sp³-hybridized carbons (Fsp3) is 0.723. The van der Waals surface area contributed by atoms with Crippen LogP contribution in [0.1, 0.15) is 171 Å². The lowest BCUT2D eigenvalue weighted by molar-refractivity contribution is -0.147. The van der Waals surface area contributed by atoms with Crippen LogP contribution in [-0.4, -0.2) is 252 Å². The SMILES string of the molecule is CC(C)C[C@H](NC(=O)[C@@H]1CCCN1C(=O)[C@@H](NC(=O)[C@@H]1CCCN1C(=O)[C@H](CCC(=O)O)NC(=O)[C@H](C)NC(=O)[C@H](C)NC(=O)[C@@H]1CCCN1C(=O)[C@H](CCC(=O)O)NC(=O)[C@H](C)N)C(C)C)C(=O)N[C@H](C(=O)N[C@@H](CCCCN)C(=O)N[C@@H](CCC(N)=O)C(=O)N[C@@H](CC(=O)O)C(=O)O)C(C)C. The summed E-state index contributed by atoms with van der Waals surface area (Å²) in [4.78, 5) is 242. The monoisotopic (exact) mass is 1460 g/mol. The molecule has 0 unspecified atom stereocenters. The molecule has 38 nitrogen and oxygen atoms in total. The summed E-state index contributed by atoms with van der Waals surface area (Å²) in [6.45, 7) is 14.1. The van der Waals surface area contributed by atoms with E-state index in [9.17, 15) is 107 Å². The number of primary amides is 1. The van der Waals surface area contributed by atoms with Crippen LogP contribution >= 0.6 is 0 Å². The van der Waals surface area contributed by atoms with E-state index in [4.69, 9.17) is 17.2 Å². The van der Waals surface area contributed by atoms with E-state index in [0.29, 0.717) is 19.3 Å². The molecule has 578 valence electrons. The summed E-state index contributed by atoms with van der Waals surface area (Å²) in [7, 11) is 0. The number of aliphatic carboxylic acids is 4. The lowest BCUT2D eigenvalue weighted by atomic mass is 9.98. The van der Waals surface area contributed by atoms with Gasteiger partial charge < -0.3 is 105 Å². The highest BCUT2D eigenvalue weighted by molar-refractivity contribution is 6.01. The van der Waals surface area contributed by atoms with Crippen molar-refractivity contribution in [1.29, 1.82) is 0 Å². The molecule has 0 saturated carbocycles. The average molecular weight is 1460 g/mol. The van der Waals surface area contributed by atoms with Crippen molar-refractivity contribution in [1.82, 2.24) is 67.9 Å². The number of carboxylic acids is 4. The van der Waals surface area contributed by atoms with Crippen molar-refractivity contribution in [2.24, 2.45) is 35.0 Å². The number of likely N-dealkylation sites (tertiary alicyclic amines) is 3. The molecule has 0 aliphatic carbocycles. The van der Waals surface area contributed by atoms with Gasteiger partial charge in [-0.3, -0.25) is 81.5 Å². The lowest BCUT2D eigenvalue weighted by Gasteiger charge is -2.33. The van der Waals surface area contributed by atoms with E-state index in [-0.39, 0.29) is 83.5 Å². The number of nitrogens with two attached hydrogens (primary N) is 3. The molecule has 0 aromatic heterocycles. The predicted octanol–water partition coefficient (Wildman–Crippen LogP) is -4.76. The number of nitrogens with one attached hydrogen (secondary N) is 10. The maximum Gasteiger partial charge on any atom is 0.326 e. The van der Waals surface area contributed by atoms with E-state index < -0.39 is 242 Å². The minimum absolute atomic E-state index is 0.0209. The van der Waals surface area contributed by atoms with E-state index in [1.54, 1.807) is 41.5 Å². The molecule has 3 aliphatic heterocycles. The van der Waals surface area contributed by atoms with Crippen molar-refractivity contribution < 1.29 is 107 Å². The topological polar surface area (TPSA) is 596 Å². The fourth-order valence-corrected chi connectivity index (χ4v) is 11.9. The summed E-state index contributed by atoms with van der Waals surface area (Å²) in [5.74, 6) is -19.3. The molecule has 103 heavy (non-hydrogen) atoms. The molecule has 20 N–H and O–H groups in total. The summed E-state index contributed by atoms with van der Waals surface area (Å²) in [5.41, 5.74) is 16.7. The van der Waals surface area contributed by atoms with Gasteiger partial charge in [0.1, 0.15) is 78.5 Å². The normalized spacial score (nSPS) is 18.9. The van der Waals surface area contributed by atoms with Gasteiger partial charge in [0, 0.05) is 38.9 Å². The van der Waals surface area contributed by atoms with Crippen molar-refractivity contribution >= 4 is 107 Å². The third-order valence-electron chi connectivity index (χ3n) is 17.7. The number of carbonyl (C=O) groups is 18. The van der Waals surface area contributed by atoms with Crippen LogP contribution in [0.5, 0.6) is 0 Å². The van der Waals surface area contributed by atoms with Gasteiger partial charge >= 0.3 is 23.9 Å². The highest BCUT2D eigenvalue weighted by Crippen LogP contribution is 2.25. The van der Waals surface area contributed by atoms with Gasteiger partial charge in [-0.1, -0.05) is 41.5 Å². The Morgan fingerprint density at radius 3 is 1.23 bits per heavy atom. The van der Waals surface area contributed by atoms with E-state index in [2.05, 4.69) is 47.9 Å². The minimum atomic E-state index is -1.93. The van der Waals surface area contributed by atoms with Gasteiger partial charge in [-0.15, -0.1) is 0 Å². The fourth-order valence-electron chi connectivity index (χ4n) is 11.9. The van der Waals surface area contributed by atoms with Crippen LogP contribution in [0, 0.1) is 17.8 Å². The van der Waals surface area contributed by atoms with Crippen molar-refractivity contribution in [2.75, 3.05) is 26.2 Å². The summed E-state index contributed by atoms with van der Waals surface area (Å²) >= 11 is 0. The zero-order valence-electron chi connectivity index (χ0n) is 59.9. The first-order chi connectivity index (χ1) is 48.2. The second kappa shape index (κ2) is 42.1. The van der Waals surface area contributed by atoms with E-state index >= 15 is 0 Å². The Hall–Kier alpha value is -9.62. The molecule has 0 radical (unpaired) electrons. The van der Waals surface area contributed by atoms with Gasteiger partial charge in [-0.05, 0) is 129 Å². The Kier molecular flexibility index (Phi) is 35.8. The van der Waals surface area contributed by atoms with Crippen LogP contribution in [-0.2, 0) is 86.3 Å². The molecule has 14 atom stereocenters. The van der Waals surface area contributed by atoms with Crippen molar-refractivity contribution in [3.8, 4) is 0 Å². The summed E-state index contributed by atoms with van der Waals surface area (Å²) in [5, 5.41) is 62.7. The van der Waals surface area contributed by atoms with Crippen molar-refractivity contribution in [3.63, 3.8) is 0 Å². The van der Waals surface area contributed by atoms with E-state index in [1.807, 2.05) is 5.32 Å². The van der Waals surface area contributed by atoms with E-state index in [0.717, 1.165) is 4.90 Å². The maximum absolute atomic E-state index is 14.7. The van der Waals surface area contributed by atoms with Gasteiger partial charge in [0.25, 0.3) is 0 Å². The average Bonchev–Trinajstić information content (AvgIpc) is 1.73. The van der Waals surface area contributed by atoms with Crippen LogP contribution in [0.25, 0.3) is 0 Å². The number of unbranched alkanes of at least 4 members (excludes halogenated alkanes) is 1. The van der Waals surface area contributed by atoms with Gasteiger partial charge in [0.2, 0.25) is 82.7 Å². The first-order valence-corrected chi connectivity index (χ1v) is 34.8. The molecule has 3 aliphatic rings. The van der Waals surface area contributed by atoms with Gasteiger partial charge in [-0.2, -0.15) is 0 Å².